The second-order valence-corrected chi connectivity index (χ2v) is 3.72. The van der Waals surface area contributed by atoms with Crippen LogP contribution in [-0.4, -0.2) is 17.4 Å². The van der Waals surface area contributed by atoms with E-state index in [0.717, 1.165) is 0 Å². The van der Waals surface area contributed by atoms with Gasteiger partial charge < -0.3 is 29.2 Å². The highest BCUT2D eigenvalue weighted by Crippen LogP contribution is 2.36. The molecule has 0 aliphatic rings. The fourth-order valence-corrected chi connectivity index (χ4v) is 1.54. The van der Waals surface area contributed by atoms with E-state index in [0.29, 0.717) is 0 Å². The predicted molar refractivity (Wildman–Crippen MR) is 67.6 cm³/mol. The molecule has 2 aromatic carbocycles. The standard InChI is InChI=1S/C14H10O7/c15-13(16)20-11-7-3-1-5-9(11)19-10-6-2-4-8-12(10)21-14(17)18/h1-8H,(H,15,16)(H,17,18)/p-1. The van der Waals surface area contributed by atoms with Crippen LogP contribution in [0.15, 0.2) is 48.5 Å². The molecule has 0 atom stereocenters. The van der Waals surface area contributed by atoms with Crippen LogP contribution < -0.4 is 19.3 Å². The molecule has 0 saturated heterocycles. The van der Waals surface area contributed by atoms with Crippen molar-refractivity contribution >= 4 is 12.3 Å². The third-order valence-electron chi connectivity index (χ3n) is 2.31. The largest absolute Gasteiger partial charge is 0.511 e. The summed E-state index contributed by atoms with van der Waals surface area (Å²) in [6.45, 7) is 0. The molecule has 0 fully saturated rings. The van der Waals surface area contributed by atoms with Crippen molar-refractivity contribution in [2.24, 2.45) is 0 Å². The molecule has 21 heavy (non-hydrogen) atoms. The van der Waals surface area contributed by atoms with E-state index < -0.39 is 12.3 Å². The zero-order valence-corrected chi connectivity index (χ0v) is 10.5. The van der Waals surface area contributed by atoms with Gasteiger partial charge in [-0.05, 0) is 24.3 Å². The molecule has 1 N–H and O–H groups in total. The summed E-state index contributed by atoms with van der Waals surface area (Å²) in [6.07, 6.45) is -3.23. The third kappa shape index (κ3) is 3.87. The Morgan fingerprint density at radius 1 is 0.810 bits per heavy atom. The Bertz CT molecular complexity index is 608. The minimum Gasteiger partial charge on any atom is -0.510 e. The maximum atomic E-state index is 10.6. The molecule has 7 heteroatoms. The van der Waals surface area contributed by atoms with Crippen molar-refractivity contribution in [1.82, 2.24) is 0 Å². The quantitative estimate of drug-likeness (QED) is 0.679. The van der Waals surface area contributed by atoms with Crippen molar-refractivity contribution in [1.29, 1.82) is 0 Å². The smallest absolute Gasteiger partial charge is 0.510 e. The molecule has 108 valence electrons. The molecule has 0 unspecified atom stereocenters. The van der Waals surface area contributed by atoms with Gasteiger partial charge in [-0.1, -0.05) is 24.3 Å². The first-order chi connectivity index (χ1) is 10.1. The summed E-state index contributed by atoms with van der Waals surface area (Å²) in [4.78, 5) is 21.1. The molecular formula is C14H9O7-. The van der Waals surface area contributed by atoms with E-state index in [2.05, 4.69) is 9.47 Å². The number of benzene rings is 2. The van der Waals surface area contributed by atoms with Crippen molar-refractivity contribution in [3.8, 4) is 23.0 Å². The molecule has 0 aromatic heterocycles. The number of carbonyl (C=O) groups excluding carboxylic acids is 1. The van der Waals surface area contributed by atoms with Gasteiger partial charge in [-0.15, -0.1) is 0 Å². The maximum Gasteiger partial charge on any atom is 0.511 e. The lowest BCUT2D eigenvalue weighted by atomic mass is 10.3. The topological polar surface area (TPSA) is 105 Å². The molecule has 0 bridgehead atoms. The summed E-state index contributed by atoms with van der Waals surface area (Å²) < 4.78 is 14.5. The van der Waals surface area contributed by atoms with Gasteiger partial charge in [-0.2, -0.15) is 0 Å². The highest BCUT2D eigenvalue weighted by atomic mass is 16.7. The second-order valence-electron chi connectivity index (χ2n) is 3.72. The van der Waals surface area contributed by atoms with Gasteiger partial charge in [0.05, 0.1) is 5.75 Å². The van der Waals surface area contributed by atoms with Gasteiger partial charge in [0.15, 0.2) is 17.2 Å². The summed E-state index contributed by atoms with van der Waals surface area (Å²) in [7, 11) is 0. The molecule has 2 rings (SSSR count). The Labute approximate surface area is 118 Å². The van der Waals surface area contributed by atoms with Gasteiger partial charge in [-0.3, -0.25) is 0 Å². The number of ether oxygens (including phenoxy) is 3. The number of para-hydroxylation sites is 4. The summed E-state index contributed by atoms with van der Waals surface area (Å²) in [5, 5.41) is 19.1. The molecule has 0 saturated carbocycles. The van der Waals surface area contributed by atoms with Crippen molar-refractivity contribution in [3.05, 3.63) is 48.5 Å². The van der Waals surface area contributed by atoms with Gasteiger partial charge in [0.25, 0.3) is 6.16 Å². The van der Waals surface area contributed by atoms with E-state index in [-0.39, 0.29) is 23.0 Å². The van der Waals surface area contributed by atoms with Crippen LogP contribution in [0.25, 0.3) is 0 Å². The number of carbonyl (C=O) groups is 2. The van der Waals surface area contributed by atoms with Crippen LogP contribution in [0, 0.1) is 0 Å². The molecule has 0 amide bonds. The zero-order chi connectivity index (χ0) is 15.2. The van der Waals surface area contributed by atoms with Gasteiger partial charge >= 0.3 is 6.16 Å². The summed E-state index contributed by atoms with van der Waals surface area (Å²) in [5.41, 5.74) is 0. The van der Waals surface area contributed by atoms with Crippen LogP contribution >= 0.6 is 0 Å². The lowest BCUT2D eigenvalue weighted by molar-refractivity contribution is -0.271. The van der Waals surface area contributed by atoms with Gasteiger partial charge in [0.1, 0.15) is 0 Å². The van der Waals surface area contributed by atoms with Gasteiger partial charge in [0, 0.05) is 0 Å². The second kappa shape index (κ2) is 6.29. The first-order valence-corrected chi connectivity index (χ1v) is 5.72. The minimum absolute atomic E-state index is 0.0340. The Morgan fingerprint density at radius 2 is 1.24 bits per heavy atom. The molecule has 0 radical (unpaired) electrons. The molecule has 0 aliphatic heterocycles. The lowest BCUT2D eigenvalue weighted by Crippen LogP contribution is -2.26. The maximum absolute atomic E-state index is 10.6. The molecule has 0 heterocycles. The summed E-state index contributed by atoms with van der Waals surface area (Å²) in [6, 6.07) is 12.0. The fraction of sp³-hybridized carbons (Fsp3) is 0. The number of rotatable bonds is 4. The highest BCUT2D eigenvalue weighted by molar-refractivity contribution is 5.64. The molecule has 0 spiro atoms. The number of hydrogen-bond acceptors (Lipinski definition) is 6. The zero-order valence-electron chi connectivity index (χ0n) is 10.5. The highest BCUT2D eigenvalue weighted by Gasteiger charge is 2.11. The molecular weight excluding hydrogens is 280 g/mol. The monoisotopic (exact) mass is 289 g/mol. The van der Waals surface area contributed by atoms with E-state index >= 15 is 0 Å². The average Bonchev–Trinajstić information content (AvgIpc) is 2.42. The van der Waals surface area contributed by atoms with Crippen LogP contribution in [-0.2, 0) is 0 Å². The van der Waals surface area contributed by atoms with Crippen LogP contribution in [0.1, 0.15) is 0 Å². The first-order valence-electron chi connectivity index (χ1n) is 5.72. The van der Waals surface area contributed by atoms with E-state index in [1.807, 2.05) is 0 Å². The van der Waals surface area contributed by atoms with Gasteiger partial charge in [0.2, 0.25) is 0 Å². The van der Waals surface area contributed by atoms with Crippen molar-refractivity contribution in [2.45, 2.75) is 0 Å². The van der Waals surface area contributed by atoms with Crippen LogP contribution in [0.3, 0.4) is 0 Å². The summed E-state index contributed by atoms with van der Waals surface area (Å²) >= 11 is 0. The molecule has 2 aromatic rings. The normalized spacial score (nSPS) is 9.71. The van der Waals surface area contributed by atoms with Gasteiger partial charge in [-0.25, -0.2) is 4.79 Å². The van der Waals surface area contributed by atoms with Crippen molar-refractivity contribution < 1.29 is 34.0 Å². The fourth-order valence-electron chi connectivity index (χ4n) is 1.54. The third-order valence-corrected chi connectivity index (χ3v) is 2.31. The SMILES string of the molecule is O=C([O-])Oc1ccccc1Oc1ccccc1OC(=O)O. The average molecular weight is 289 g/mol. The Kier molecular flexibility index (Phi) is 4.25. The Hall–Kier alpha value is -3.22. The van der Waals surface area contributed by atoms with E-state index in [1.54, 1.807) is 24.3 Å². The first kappa shape index (κ1) is 14.2. The molecule has 0 aliphatic carbocycles. The van der Waals surface area contributed by atoms with E-state index in [1.165, 1.54) is 24.3 Å². The molecule has 7 nitrogen and oxygen atoms in total. The summed E-state index contributed by atoms with van der Waals surface area (Å²) in [5.74, 6) is 0.0494. The van der Waals surface area contributed by atoms with Crippen molar-refractivity contribution in [3.63, 3.8) is 0 Å². The predicted octanol–water partition coefficient (Wildman–Crippen LogP) is 2.26. The van der Waals surface area contributed by atoms with Crippen LogP contribution in [0.5, 0.6) is 23.0 Å². The number of carboxylic acid groups (broad SMARTS) is 2. The van der Waals surface area contributed by atoms with E-state index in [9.17, 15) is 14.7 Å². The minimum atomic E-state index is -1.74. The van der Waals surface area contributed by atoms with Crippen LogP contribution in [0.4, 0.5) is 9.59 Å². The van der Waals surface area contributed by atoms with E-state index in [4.69, 9.17) is 9.84 Å². The Morgan fingerprint density at radius 3 is 1.67 bits per heavy atom. The Balaban J connectivity index is 2.30. The van der Waals surface area contributed by atoms with Crippen molar-refractivity contribution in [2.75, 3.05) is 0 Å². The van der Waals surface area contributed by atoms with Crippen LogP contribution in [0.2, 0.25) is 0 Å². The number of hydrogen-bond donors (Lipinski definition) is 1. The lowest BCUT2D eigenvalue weighted by Gasteiger charge is -2.15.